The van der Waals surface area contributed by atoms with Crippen LogP contribution < -0.4 is 10.5 Å². The van der Waals surface area contributed by atoms with E-state index in [2.05, 4.69) is 10.1 Å². The van der Waals surface area contributed by atoms with Crippen molar-refractivity contribution in [3.8, 4) is 5.75 Å². The molecule has 0 atom stereocenters. The van der Waals surface area contributed by atoms with Gasteiger partial charge in [0.25, 0.3) is 0 Å². The molecule has 18 heavy (non-hydrogen) atoms. The highest BCUT2D eigenvalue weighted by atomic mass is 16.5. The Morgan fingerprint density at radius 1 is 1.28 bits per heavy atom. The first-order chi connectivity index (χ1) is 8.83. The Bertz CT molecular complexity index is 478. The maximum atomic E-state index is 5.67. The first-order valence-corrected chi connectivity index (χ1v) is 6.12. The van der Waals surface area contributed by atoms with E-state index in [9.17, 15) is 0 Å². The summed E-state index contributed by atoms with van der Waals surface area (Å²) in [6.07, 6.45) is 2.44. The van der Waals surface area contributed by atoms with Crippen molar-refractivity contribution >= 4 is 0 Å². The fraction of sp³-hybridized carbons (Fsp3) is 0.385. The van der Waals surface area contributed by atoms with E-state index in [-0.39, 0.29) is 0 Å². The third-order valence-corrected chi connectivity index (χ3v) is 2.72. The highest BCUT2D eigenvalue weighted by Crippen LogP contribution is 2.13. The first kappa shape index (κ1) is 12.6. The number of aryl methyl sites for hydroxylation is 1. The van der Waals surface area contributed by atoms with E-state index in [0.29, 0.717) is 13.2 Å². The zero-order chi connectivity index (χ0) is 12.8. The minimum Gasteiger partial charge on any atom is -0.486 e. The summed E-state index contributed by atoms with van der Waals surface area (Å²) in [6, 6.07) is 7.98. The largest absolute Gasteiger partial charge is 0.486 e. The lowest BCUT2D eigenvalue weighted by Gasteiger charge is -2.07. The van der Waals surface area contributed by atoms with E-state index in [4.69, 9.17) is 10.5 Å². The average Bonchev–Trinajstić information content (AvgIpc) is 2.86. The summed E-state index contributed by atoms with van der Waals surface area (Å²) >= 11 is 0. The standard InChI is InChI=1S/C13H18N4O/c1-2-17-13(15-10-16-17)9-18-12-5-3-11(4-6-12)7-8-14/h3-6,10H,2,7-9,14H2,1H3. The summed E-state index contributed by atoms with van der Waals surface area (Å²) < 4.78 is 7.49. The van der Waals surface area contributed by atoms with E-state index in [1.54, 1.807) is 6.33 Å². The lowest BCUT2D eigenvalue weighted by molar-refractivity contribution is 0.287. The molecule has 0 aliphatic carbocycles. The summed E-state index contributed by atoms with van der Waals surface area (Å²) in [7, 11) is 0. The highest BCUT2D eigenvalue weighted by molar-refractivity contribution is 5.27. The number of aromatic nitrogens is 3. The van der Waals surface area contributed by atoms with E-state index in [1.165, 1.54) is 5.56 Å². The van der Waals surface area contributed by atoms with Gasteiger partial charge in [0, 0.05) is 6.54 Å². The molecule has 2 N–H and O–H groups in total. The zero-order valence-corrected chi connectivity index (χ0v) is 10.5. The summed E-state index contributed by atoms with van der Waals surface area (Å²) in [5, 5.41) is 4.10. The van der Waals surface area contributed by atoms with Gasteiger partial charge in [-0.15, -0.1) is 0 Å². The maximum Gasteiger partial charge on any atom is 0.164 e. The van der Waals surface area contributed by atoms with Crippen LogP contribution in [-0.2, 0) is 19.6 Å². The second kappa shape index (κ2) is 6.16. The number of rotatable bonds is 6. The van der Waals surface area contributed by atoms with Crippen molar-refractivity contribution < 1.29 is 4.74 Å². The Morgan fingerprint density at radius 3 is 2.72 bits per heavy atom. The van der Waals surface area contributed by atoms with Crippen molar-refractivity contribution in [1.82, 2.24) is 14.8 Å². The van der Waals surface area contributed by atoms with E-state index in [0.717, 1.165) is 24.5 Å². The predicted molar refractivity (Wildman–Crippen MR) is 69.2 cm³/mol. The molecule has 5 heteroatoms. The molecular weight excluding hydrogens is 228 g/mol. The topological polar surface area (TPSA) is 66.0 Å². The van der Waals surface area contributed by atoms with E-state index < -0.39 is 0 Å². The molecule has 96 valence electrons. The van der Waals surface area contributed by atoms with Crippen LogP contribution in [0.1, 0.15) is 18.3 Å². The van der Waals surface area contributed by atoms with Gasteiger partial charge in [-0.25, -0.2) is 9.67 Å². The van der Waals surface area contributed by atoms with Crippen molar-refractivity contribution in [3.05, 3.63) is 42.0 Å². The molecule has 1 aromatic carbocycles. The molecule has 0 aliphatic heterocycles. The molecule has 0 bridgehead atoms. The average molecular weight is 246 g/mol. The Labute approximate surface area is 107 Å². The monoisotopic (exact) mass is 246 g/mol. The van der Waals surface area contributed by atoms with Gasteiger partial charge in [0.2, 0.25) is 0 Å². The lowest BCUT2D eigenvalue weighted by atomic mass is 10.1. The molecular formula is C13H18N4O. The third-order valence-electron chi connectivity index (χ3n) is 2.72. The van der Waals surface area contributed by atoms with Crippen LogP contribution in [0.2, 0.25) is 0 Å². The van der Waals surface area contributed by atoms with E-state index in [1.807, 2.05) is 35.9 Å². The molecule has 0 amide bonds. The molecule has 5 nitrogen and oxygen atoms in total. The fourth-order valence-electron chi connectivity index (χ4n) is 1.73. The summed E-state index contributed by atoms with van der Waals surface area (Å²) in [5.41, 5.74) is 6.73. The van der Waals surface area contributed by atoms with Gasteiger partial charge < -0.3 is 10.5 Å². The molecule has 0 saturated heterocycles. The van der Waals surface area contributed by atoms with Crippen LogP contribution in [0.4, 0.5) is 0 Å². The fourth-order valence-corrected chi connectivity index (χ4v) is 1.73. The van der Waals surface area contributed by atoms with Crippen molar-refractivity contribution in [2.45, 2.75) is 26.5 Å². The van der Waals surface area contributed by atoms with Crippen molar-refractivity contribution in [1.29, 1.82) is 0 Å². The van der Waals surface area contributed by atoms with Crippen LogP contribution in [0.15, 0.2) is 30.6 Å². The molecule has 1 aromatic heterocycles. The molecule has 2 aromatic rings. The van der Waals surface area contributed by atoms with Gasteiger partial charge in [0.1, 0.15) is 18.7 Å². The molecule has 0 saturated carbocycles. The van der Waals surface area contributed by atoms with Crippen LogP contribution in [0.5, 0.6) is 5.75 Å². The number of ether oxygens (including phenoxy) is 1. The Morgan fingerprint density at radius 2 is 2.06 bits per heavy atom. The predicted octanol–water partition coefficient (Wildman–Crippen LogP) is 1.38. The molecule has 2 rings (SSSR count). The molecule has 0 fully saturated rings. The van der Waals surface area contributed by atoms with Gasteiger partial charge in [0.15, 0.2) is 5.82 Å². The first-order valence-electron chi connectivity index (χ1n) is 6.12. The number of benzene rings is 1. The Hall–Kier alpha value is -1.88. The molecule has 0 aliphatic rings. The van der Waals surface area contributed by atoms with Crippen molar-refractivity contribution in [2.24, 2.45) is 5.73 Å². The lowest BCUT2D eigenvalue weighted by Crippen LogP contribution is -2.07. The SMILES string of the molecule is CCn1ncnc1COc1ccc(CCN)cc1. The van der Waals surface area contributed by atoms with E-state index >= 15 is 0 Å². The normalized spacial score (nSPS) is 10.6. The zero-order valence-electron chi connectivity index (χ0n) is 10.5. The van der Waals surface area contributed by atoms with Crippen LogP contribution in [0.3, 0.4) is 0 Å². The highest BCUT2D eigenvalue weighted by Gasteiger charge is 2.03. The minimum absolute atomic E-state index is 0.435. The summed E-state index contributed by atoms with van der Waals surface area (Å²) in [6.45, 7) is 3.93. The third kappa shape index (κ3) is 3.07. The smallest absolute Gasteiger partial charge is 0.164 e. The summed E-state index contributed by atoms with van der Waals surface area (Å²) in [4.78, 5) is 4.16. The van der Waals surface area contributed by atoms with Gasteiger partial charge in [-0.1, -0.05) is 12.1 Å². The second-order valence-corrected chi connectivity index (χ2v) is 3.96. The Balaban J connectivity index is 1.94. The van der Waals surface area contributed by atoms with Crippen LogP contribution in [0.25, 0.3) is 0 Å². The number of hydrogen-bond acceptors (Lipinski definition) is 4. The van der Waals surface area contributed by atoms with Crippen LogP contribution in [0, 0.1) is 0 Å². The minimum atomic E-state index is 0.435. The Kier molecular flexibility index (Phi) is 4.30. The maximum absolute atomic E-state index is 5.67. The molecule has 0 radical (unpaired) electrons. The van der Waals surface area contributed by atoms with Gasteiger partial charge in [-0.2, -0.15) is 5.10 Å². The second-order valence-electron chi connectivity index (χ2n) is 3.96. The van der Waals surface area contributed by atoms with Gasteiger partial charge in [-0.3, -0.25) is 0 Å². The quantitative estimate of drug-likeness (QED) is 0.836. The van der Waals surface area contributed by atoms with Crippen LogP contribution >= 0.6 is 0 Å². The molecule has 1 heterocycles. The van der Waals surface area contributed by atoms with Crippen molar-refractivity contribution in [2.75, 3.05) is 6.54 Å². The number of nitrogens with two attached hydrogens (primary N) is 1. The molecule has 0 unspecified atom stereocenters. The van der Waals surface area contributed by atoms with Gasteiger partial charge in [-0.05, 0) is 37.6 Å². The van der Waals surface area contributed by atoms with Crippen molar-refractivity contribution in [3.63, 3.8) is 0 Å². The number of hydrogen-bond donors (Lipinski definition) is 1. The number of nitrogens with zero attached hydrogens (tertiary/aromatic N) is 3. The molecule has 0 spiro atoms. The van der Waals surface area contributed by atoms with Crippen LogP contribution in [-0.4, -0.2) is 21.3 Å². The summed E-state index contributed by atoms with van der Waals surface area (Å²) in [5.74, 6) is 1.67. The van der Waals surface area contributed by atoms with Gasteiger partial charge in [0.05, 0.1) is 0 Å². The van der Waals surface area contributed by atoms with Gasteiger partial charge >= 0.3 is 0 Å².